The molecular weight excluding hydrogens is 422 g/mol. The van der Waals surface area contributed by atoms with Crippen LogP contribution in [0.2, 0.25) is 0 Å². The fraction of sp³-hybridized carbons (Fsp3) is 0.480. The first-order chi connectivity index (χ1) is 15.5. The van der Waals surface area contributed by atoms with Crippen LogP contribution in [0.25, 0.3) is 0 Å². The van der Waals surface area contributed by atoms with Gasteiger partial charge in [0, 0.05) is 38.1 Å². The number of amides is 1. The van der Waals surface area contributed by atoms with E-state index in [4.69, 9.17) is 4.74 Å². The molecule has 2 heterocycles. The summed E-state index contributed by atoms with van der Waals surface area (Å²) in [6, 6.07) is 13.9. The molecule has 1 unspecified atom stereocenters. The minimum Gasteiger partial charge on any atom is -0.462 e. The number of nitrogens with zero attached hydrogens (tertiary/aromatic N) is 3. The summed E-state index contributed by atoms with van der Waals surface area (Å²) < 4.78 is 5.02. The lowest BCUT2D eigenvalue weighted by Crippen LogP contribution is -2.42. The van der Waals surface area contributed by atoms with Gasteiger partial charge < -0.3 is 14.5 Å². The lowest BCUT2D eigenvalue weighted by molar-refractivity contribution is -0.131. The molecule has 1 amide bonds. The van der Waals surface area contributed by atoms with Gasteiger partial charge in [-0.25, -0.2) is 9.78 Å². The second-order valence-electron chi connectivity index (χ2n) is 8.25. The van der Waals surface area contributed by atoms with Gasteiger partial charge in [-0.3, -0.25) is 4.79 Å². The van der Waals surface area contributed by atoms with Crippen LogP contribution in [0, 0.1) is 5.92 Å². The molecule has 0 bridgehead atoms. The molecule has 0 spiro atoms. The largest absolute Gasteiger partial charge is 0.462 e. The lowest BCUT2D eigenvalue weighted by Gasteiger charge is -2.28. The maximum absolute atomic E-state index is 13.4. The van der Waals surface area contributed by atoms with E-state index < -0.39 is 0 Å². The topological polar surface area (TPSA) is 62.7 Å². The van der Waals surface area contributed by atoms with Crippen LogP contribution >= 0.6 is 11.8 Å². The predicted molar refractivity (Wildman–Crippen MR) is 130 cm³/mol. The van der Waals surface area contributed by atoms with Crippen molar-refractivity contribution >= 4 is 29.5 Å². The van der Waals surface area contributed by atoms with E-state index in [0.29, 0.717) is 18.7 Å². The monoisotopic (exact) mass is 455 g/mol. The third-order valence-corrected chi connectivity index (χ3v) is 7.12. The number of ether oxygens (including phenoxy) is 1. The van der Waals surface area contributed by atoms with Gasteiger partial charge in [-0.05, 0) is 37.0 Å². The summed E-state index contributed by atoms with van der Waals surface area (Å²) in [5.41, 5.74) is 1.70. The highest BCUT2D eigenvalue weighted by molar-refractivity contribution is 7.99. The molecule has 2 aromatic rings. The van der Waals surface area contributed by atoms with E-state index in [-0.39, 0.29) is 23.0 Å². The van der Waals surface area contributed by atoms with Gasteiger partial charge in [0.1, 0.15) is 5.82 Å². The maximum Gasteiger partial charge on any atom is 0.339 e. The van der Waals surface area contributed by atoms with Crippen molar-refractivity contribution in [3.05, 3.63) is 59.8 Å². The minimum atomic E-state index is -0.355. The number of esters is 1. The molecule has 0 saturated carbocycles. The van der Waals surface area contributed by atoms with Crippen molar-refractivity contribution < 1.29 is 14.3 Å². The summed E-state index contributed by atoms with van der Waals surface area (Å²) in [5.74, 6) is 1.81. The molecule has 1 aliphatic rings. The highest BCUT2D eigenvalue weighted by Gasteiger charge is 2.29. The number of pyridine rings is 1. The summed E-state index contributed by atoms with van der Waals surface area (Å²) in [6.07, 6.45) is 2.46. The van der Waals surface area contributed by atoms with E-state index in [1.165, 1.54) is 5.56 Å². The molecule has 0 aliphatic carbocycles. The Morgan fingerprint density at radius 2 is 1.84 bits per heavy atom. The quantitative estimate of drug-likeness (QED) is 0.555. The van der Waals surface area contributed by atoms with Crippen molar-refractivity contribution in [3.8, 4) is 0 Å². The SMILES string of the molecule is CCOC(=O)c1ccc(N2CCCN(C(=O)C(SCc3ccccc3)C(C)C)CC2)nc1. The van der Waals surface area contributed by atoms with E-state index in [2.05, 4.69) is 35.9 Å². The highest BCUT2D eigenvalue weighted by Crippen LogP contribution is 2.26. The second kappa shape index (κ2) is 11.9. The minimum absolute atomic E-state index is 0.0521. The molecule has 0 radical (unpaired) electrons. The van der Waals surface area contributed by atoms with Crippen LogP contribution in [0.5, 0.6) is 0 Å². The van der Waals surface area contributed by atoms with Crippen molar-refractivity contribution in [3.63, 3.8) is 0 Å². The number of rotatable bonds is 8. The van der Waals surface area contributed by atoms with Gasteiger partial charge in [-0.1, -0.05) is 44.2 Å². The Balaban J connectivity index is 1.59. The first-order valence-corrected chi connectivity index (χ1v) is 12.4. The number of hydrogen-bond donors (Lipinski definition) is 0. The molecule has 7 heteroatoms. The zero-order valence-corrected chi connectivity index (χ0v) is 20.0. The Labute approximate surface area is 195 Å². The Morgan fingerprint density at radius 1 is 1.06 bits per heavy atom. The number of carbonyl (C=O) groups excluding carboxylic acids is 2. The normalized spacial score (nSPS) is 15.4. The van der Waals surface area contributed by atoms with E-state index >= 15 is 0 Å². The van der Waals surface area contributed by atoms with E-state index in [0.717, 1.165) is 37.6 Å². The average Bonchev–Trinajstić information content (AvgIpc) is 3.06. The molecule has 1 aromatic heterocycles. The Kier molecular flexibility index (Phi) is 8.97. The Hall–Kier alpha value is -2.54. The third kappa shape index (κ3) is 6.48. The zero-order chi connectivity index (χ0) is 22.9. The fourth-order valence-electron chi connectivity index (χ4n) is 3.76. The van der Waals surface area contributed by atoms with Gasteiger partial charge in [-0.2, -0.15) is 0 Å². The fourth-order valence-corrected chi connectivity index (χ4v) is 5.01. The van der Waals surface area contributed by atoms with Gasteiger partial charge in [0.05, 0.1) is 17.4 Å². The zero-order valence-electron chi connectivity index (χ0n) is 19.2. The van der Waals surface area contributed by atoms with Crippen LogP contribution in [-0.4, -0.2) is 59.8 Å². The van der Waals surface area contributed by atoms with Gasteiger partial charge >= 0.3 is 5.97 Å². The molecule has 172 valence electrons. The average molecular weight is 456 g/mol. The van der Waals surface area contributed by atoms with Crippen LogP contribution in [0.4, 0.5) is 5.82 Å². The van der Waals surface area contributed by atoms with Crippen molar-refractivity contribution in [2.24, 2.45) is 5.92 Å². The molecule has 1 aromatic carbocycles. The van der Waals surface area contributed by atoms with Crippen LogP contribution in [0.15, 0.2) is 48.7 Å². The molecular formula is C25H33N3O3S. The molecule has 6 nitrogen and oxygen atoms in total. The van der Waals surface area contributed by atoms with Crippen LogP contribution < -0.4 is 4.90 Å². The van der Waals surface area contributed by atoms with Crippen LogP contribution in [0.1, 0.15) is 43.1 Å². The molecule has 1 saturated heterocycles. The van der Waals surface area contributed by atoms with Gasteiger partial charge in [-0.15, -0.1) is 11.8 Å². The molecule has 1 fully saturated rings. The lowest BCUT2D eigenvalue weighted by atomic mass is 10.1. The first kappa shape index (κ1) is 24.1. The predicted octanol–water partition coefficient (Wildman–Crippen LogP) is 4.26. The third-order valence-electron chi connectivity index (χ3n) is 5.51. The number of thioether (sulfide) groups is 1. The molecule has 32 heavy (non-hydrogen) atoms. The molecule has 1 aliphatic heterocycles. The van der Waals surface area contributed by atoms with Gasteiger partial charge in [0.2, 0.25) is 5.91 Å². The van der Waals surface area contributed by atoms with Gasteiger partial charge in [0.25, 0.3) is 0 Å². The summed E-state index contributed by atoms with van der Waals surface area (Å²) in [6.45, 7) is 9.37. The molecule has 1 atom stereocenters. The maximum atomic E-state index is 13.4. The number of carbonyl (C=O) groups is 2. The highest BCUT2D eigenvalue weighted by atomic mass is 32.2. The smallest absolute Gasteiger partial charge is 0.339 e. The first-order valence-electron chi connectivity index (χ1n) is 11.3. The number of benzene rings is 1. The summed E-state index contributed by atoms with van der Waals surface area (Å²) in [7, 11) is 0. The Morgan fingerprint density at radius 3 is 2.50 bits per heavy atom. The second-order valence-corrected chi connectivity index (χ2v) is 9.38. The van der Waals surface area contributed by atoms with E-state index in [1.807, 2.05) is 29.2 Å². The molecule has 3 rings (SSSR count). The standard InChI is InChI=1S/C25H33N3O3S/c1-4-31-25(30)21-11-12-22(26-17-21)27-13-8-14-28(16-15-27)24(29)23(19(2)3)32-18-20-9-6-5-7-10-20/h5-7,9-12,17,19,23H,4,8,13-16,18H2,1-3H3. The Bertz CT molecular complexity index is 874. The van der Waals surface area contributed by atoms with Crippen molar-refractivity contribution in [1.29, 1.82) is 0 Å². The number of hydrogen-bond acceptors (Lipinski definition) is 6. The number of anilines is 1. The molecule has 0 N–H and O–H groups in total. The van der Waals surface area contributed by atoms with Crippen molar-refractivity contribution in [1.82, 2.24) is 9.88 Å². The summed E-state index contributed by atoms with van der Waals surface area (Å²) >= 11 is 1.74. The van der Waals surface area contributed by atoms with Crippen molar-refractivity contribution in [2.75, 3.05) is 37.7 Å². The summed E-state index contributed by atoms with van der Waals surface area (Å²) in [5, 5.41) is -0.0521. The van der Waals surface area contributed by atoms with E-state index in [1.54, 1.807) is 30.9 Å². The van der Waals surface area contributed by atoms with Gasteiger partial charge in [0.15, 0.2) is 0 Å². The summed E-state index contributed by atoms with van der Waals surface area (Å²) in [4.78, 5) is 33.9. The van der Waals surface area contributed by atoms with Crippen LogP contribution in [-0.2, 0) is 15.3 Å². The van der Waals surface area contributed by atoms with E-state index in [9.17, 15) is 9.59 Å². The number of aromatic nitrogens is 1. The van der Waals surface area contributed by atoms with Crippen LogP contribution in [0.3, 0.4) is 0 Å². The van der Waals surface area contributed by atoms with Crippen molar-refractivity contribution in [2.45, 2.75) is 38.2 Å².